The fourth-order valence-electron chi connectivity index (χ4n) is 0.706. The predicted octanol–water partition coefficient (Wildman–Crippen LogP) is -0.604. The summed E-state index contributed by atoms with van der Waals surface area (Å²) in [6, 6.07) is 0. The summed E-state index contributed by atoms with van der Waals surface area (Å²) in [5.41, 5.74) is 0. The number of rotatable bonds is 3. The first-order valence-corrected chi connectivity index (χ1v) is 2.83. The molecule has 3 nitrogen and oxygen atoms in total. The smallest absolute Gasteiger partial charge is 0.208 e. The number of nitrogens with zero attached hydrogens (tertiary/aromatic N) is 1. The van der Waals surface area contributed by atoms with Crippen molar-refractivity contribution in [2.45, 2.75) is 6.42 Å². The summed E-state index contributed by atoms with van der Waals surface area (Å²) in [5.74, 6) is 0. The first kappa shape index (κ1) is 5.56. The van der Waals surface area contributed by atoms with Crippen LogP contribution >= 0.6 is 0 Å². The normalized spacial score (nSPS) is 19.5. The van der Waals surface area contributed by atoms with E-state index in [1.807, 2.05) is 0 Å². The molecule has 0 radical (unpaired) electrons. The van der Waals surface area contributed by atoms with E-state index in [9.17, 15) is 4.79 Å². The van der Waals surface area contributed by atoms with Crippen LogP contribution in [-0.4, -0.2) is 31.1 Å². The second-order valence-corrected chi connectivity index (χ2v) is 1.95. The van der Waals surface area contributed by atoms with Crippen molar-refractivity contribution in [2.24, 2.45) is 0 Å². The lowest BCUT2D eigenvalue weighted by atomic mass is 10.2. The van der Waals surface area contributed by atoms with Gasteiger partial charge in [0.15, 0.2) is 0 Å². The van der Waals surface area contributed by atoms with Gasteiger partial charge in [-0.05, 0) is 6.42 Å². The average molecular weight is 114 g/mol. The standard InChI is InChI=1S/C5H10N2O/c8-5-6-4-7-2-1-3-7/h5H,1-4H2,(H,6,8). The third-order valence-corrected chi connectivity index (χ3v) is 1.35. The molecule has 1 aliphatic heterocycles. The van der Waals surface area contributed by atoms with Crippen molar-refractivity contribution in [3.05, 3.63) is 0 Å². The van der Waals surface area contributed by atoms with Crippen molar-refractivity contribution in [3.63, 3.8) is 0 Å². The van der Waals surface area contributed by atoms with E-state index in [-0.39, 0.29) is 0 Å². The van der Waals surface area contributed by atoms with E-state index in [1.165, 1.54) is 6.42 Å². The Balaban J connectivity index is 1.93. The molecule has 1 fully saturated rings. The van der Waals surface area contributed by atoms with Crippen LogP contribution in [-0.2, 0) is 4.79 Å². The molecule has 1 saturated heterocycles. The van der Waals surface area contributed by atoms with Crippen LogP contribution in [0, 0.1) is 0 Å². The highest BCUT2D eigenvalue weighted by molar-refractivity contribution is 5.45. The molecule has 0 spiro atoms. The topological polar surface area (TPSA) is 32.3 Å². The molecule has 1 aliphatic rings. The Morgan fingerprint density at radius 1 is 1.62 bits per heavy atom. The maximum Gasteiger partial charge on any atom is 0.208 e. The number of likely N-dealkylation sites (tertiary alicyclic amines) is 1. The summed E-state index contributed by atoms with van der Waals surface area (Å²) < 4.78 is 0. The van der Waals surface area contributed by atoms with Gasteiger partial charge >= 0.3 is 0 Å². The Morgan fingerprint density at radius 2 is 2.38 bits per heavy atom. The SMILES string of the molecule is O=CNCN1CCC1. The zero-order valence-corrected chi connectivity index (χ0v) is 4.76. The third kappa shape index (κ3) is 1.20. The van der Waals surface area contributed by atoms with Gasteiger partial charge in [-0.2, -0.15) is 0 Å². The molecule has 8 heavy (non-hydrogen) atoms. The highest BCUT2D eigenvalue weighted by Crippen LogP contribution is 2.01. The molecule has 0 aromatic rings. The van der Waals surface area contributed by atoms with E-state index in [4.69, 9.17) is 0 Å². The minimum Gasteiger partial charge on any atom is -0.346 e. The number of nitrogens with one attached hydrogen (secondary N) is 1. The summed E-state index contributed by atoms with van der Waals surface area (Å²) in [6.45, 7) is 3.01. The van der Waals surface area contributed by atoms with Crippen LogP contribution in [0.1, 0.15) is 6.42 Å². The molecule has 3 heteroatoms. The number of carbonyl (C=O) groups excluding carboxylic acids is 1. The molecule has 0 atom stereocenters. The molecule has 0 aromatic carbocycles. The molecule has 1 heterocycles. The lowest BCUT2D eigenvalue weighted by Crippen LogP contribution is -2.42. The zero-order chi connectivity index (χ0) is 5.82. The van der Waals surface area contributed by atoms with Crippen molar-refractivity contribution >= 4 is 6.41 Å². The minimum atomic E-state index is 0.726. The molecule has 0 unspecified atom stereocenters. The molecule has 1 N–H and O–H groups in total. The molecule has 0 aromatic heterocycles. The van der Waals surface area contributed by atoms with Crippen molar-refractivity contribution < 1.29 is 4.79 Å². The Kier molecular flexibility index (Phi) is 1.86. The maximum absolute atomic E-state index is 9.71. The van der Waals surface area contributed by atoms with Crippen LogP contribution in [0.15, 0.2) is 0 Å². The Bertz CT molecular complexity index is 80.5. The van der Waals surface area contributed by atoms with Gasteiger partial charge in [0.2, 0.25) is 6.41 Å². The van der Waals surface area contributed by atoms with E-state index in [2.05, 4.69) is 10.2 Å². The van der Waals surface area contributed by atoms with Crippen molar-refractivity contribution in [2.75, 3.05) is 19.8 Å². The van der Waals surface area contributed by atoms with Gasteiger partial charge in [-0.15, -0.1) is 0 Å². The maximum atomic E-state index is 9.71. The second kappa shape index (κ2) is 2.67. The van der Waals surface area contributed by atoms with Gasteiger partial charge in [0.1, 0.15) is 0 Å². The predicted molar refractivity (Wildman–Crippen MR) is 30.3 cm³/mol. The van der Waals surface area contributed by atoms with Gasteiger partial charge in [0.05, 0.1) is 6.67 Å². The summed E-state index contributed by atoms with van der Waals surface area (Å²) in [5, 5.41) is 2.60. The summed E-state index contributed by atoms with van der Waals surface area (Å²) in [6.07, 6.45) is 2.01. The van der Waals surface area contributed by atoms with Gasteiger partial charge < -0.3 is 5.32 Å². The second-order valence-electron chi connectivity index (χ2n) is 1.95. The fraction of sp³-hybridized carbons (Fsp3) is 0.800. The van der Waals surface area contributed by atoms with E-state index in [0.29, 0.717) is 0 Å². The first-order chi connectivity index (χ1) is 3.93. The summed E-state index contributed by atoms with van der Waals surface area (Å²) >= 11 is 0. The van der Waals surface area contributed by atoms with Crippen LogP contribution in [0.2, 0.25) is 0 Å². The lowest BCUT2D eigenvalue weighted by molar-refractivity contribution is -0.110. The molecule has 1 rings (SSSR count). The monoisotopic (exact) mass is 114 g/mol. The average Bonchev–Trinajstić information content (AvgIpc) is 1.63. The molecule has 1 amide bonds. The fourth-order valence-corrected chi connectivity index (χ4v) is 0.706. The van der Waals surface area contributed by atoms with Crippen molar-refractivity contribution in [1.29, 1.82) is 0 Å². The Hall–Kier alpha value is -0.570. The van der Waals surface area contributed by atoms with E-state index in [0.717, 1.165) is 26.2 Å². The van der Waals surface area contributed by atoms with Gasteiger partial charge in [-0.3, -0.25) is 9.69 Å². The minimum absolute atomic E-state index is 0.726. The Morgan fingerprint density at radius 3 is 2.75 bits per heavy atom. The summed E-state index contributed by atoms with van der Waals surface area (Å²) in [7, 11) is 0. The van der Waals surface area contributed by atoms with Gasteiger partial charge in [-0.1, -0.05) is 0 Å². The van der Waals surface area contributed by atoms with Crippen LogP contribution < -0.4 is 5.32 Å². The molecule has 0 bridgehead atoms. The quantitative estimate of drug-likeness (QED) is 0.497. The molecular formula is C5H10N2O. The molecular weight excluding hydrogens is 104 g/mol. The third-order valence-electron chi connectivity index (χ3n) is 1.35. The number of hydrogen-bond donors (Lipinski definition) is 1. The van der Waals surface area contributed by atoms with E-state index in [1.54, 1.807) is 0 Å². The van der Waals surface area contributed by atoms with Gasteiger partial charge in [0.25, 0.3) is 0 Å². The molecule has 46 valence electrons. The highest BCUT2D eigenvalue weighted by Gasteiger charge is 2.11. The van der Waals surface area contributed by atoms with Crippen LogP contribution in [0.3, 0.4) is 0 Å². The number of hydrogen-bond acceptors (Lipinski definition) is 2. The van der Waals surface area contributed by atoms with Gasteiger partial charge in [-0.25, -0.2) is 0 Å². The Labute approximate surface area is 48.7 Å². The van der Waals surface area contributed by atoms with Crippen molar-refractivity contribution in [1.82, 2.24) is 10.2 Å². The lowest BCUT2D eigenvalue weighted by Gasteiger charge is -2.29. The highest BCUT2D eigenvalue weighted by atomic mass is 16.1. The number of carbonyl (C=O) groups is 1. The van der Waals surface area contributed by atoms with Crippen LogP contribution in [0.5, 0.6) is 0 Å². The summed E-state index contributed by atoms with van der Waals surface area (Å²) in [4.78, 5) is 11.9. The zero-order valence-electron chi connectivity index (χ0n) is 4.76. The molecule has 0 saturated carbocycles. The van der Waals surface area contributed by atoms with Gasteiger partial charge in [0, 0.05) is 13.1 Å². The van der Waals surface area contributed by atoms with Crippen LogP contribution in [0.25, 0.3) is 0 Å². The first-order valence-electron chi connectivity index (χ1n) is 2.83. The molecule has 0 aliphatic carbocycles. The van der Waals surface area contributed by atoms with E-state index >= 15 is 0 Å². The number of amides is 1. The van der Waals surface area contributed by atoms with E-state index < -0.39 is 0 Å². The van der Waals surface area contributed by atoms with Crippen molar-refractivity contribution in [3.8, 4) is 0 Å². The largest absolute Gasteiger partial charge is 0.346 e. The van der Waals surface area contributed by atoms with Crippen LogP contribution in [0.4, 0.5) is 0 Å².